The van der Waals surface area contributed by atoms with Crippen LogP contribution in [0.3, 0.4) is 0 Å². The molecule has 0 atom stereocenters. The van der Waals surface area contributed by atoms with Crippen LogP contribution in [-0.2, 0) is 0 Å². The second-order valence-electron chi connectivity index (χ2n) is 3.65. The predicted molar refractivity (Wildman–Crippen MR) is 68.2 cm³/mol. The number of furan rings is 1. The molecular weight excluding hydrogens is 302 g/mol. The van der Waals surface area contributed by atoms with E-state index in [0.717, 1.165) is 0 Å². The SMILES string of the molecule is O=[N+]([O-])c1ccc2nc(-c3ccc(Br)o3)[nH]c2c1. The molecule has 0 spiro atoms. The van der Waals surface area contributed by atoms with Gasteiger partial charge in [0.05, 0.1) is 16.0 Å². The van der Waals surface area contributed by atoms with Crippen molar-refractivity contribution >= 4 is 32.7 Å². The monoisotopic (exact) mass is 307 g/mol. The Hall–Kier alpha value is -2.15. The molecule has 0 aliphatic heterocycles. The maximum absolute atomic E-state index is 10.7. The molecule has 1 aromatic carbocycles. The number of nitrogens with one attached hydrogen (secondary N) is 1. The molecule has 0 aliphatic rings. The minimum Gasteiger partial charge on any atom is -0.446 e. The Labute approximate surface area is 109 Å². The molecule has 0 radical (unpaired) electrons. The van der Waals surface area contributed by atoms with Crippen LogP contribution in [0, 0.1) is 10.1 Å². The van der Waals surface area contributed by atoms with Gasteiger partial charge < -0.3 is 9.40 Å². The molecule has 1 N–H and O–H groups in total. The molecule has 90 valence electrons. The van der Waals surface area contributed by atoms with Gasteiger partial charge in [0.25, 0.3) is 5.69 Å². The normalized spacial score (nSPS) is 10.9. The van der Waals surface area contributed by atoms with Crippen LogP contribution in [0.4, 0.5) is 5.69 Å². The van der Waals surface area contributed by atoms with Crippen molar-refractivity contribution in [2.75, 3.05) is 0 Å². The zero-order chi connectivity index (χ0) is 12.7. The summed E-state index contributed by atoms with van der Waals surface area (Å²) in [4.78, 5) is 17.5. The molecule has 0 saturated carbocycles. The topological polar surface area (TPSA) is 85.0 Å². The predicted octanol–water partition coefficient (Wildman–Crippen LogP) is 3.49. The number of non-ortho nitro benzene ring substituents is 1. The van der Waals surface area contributed by atoms with Crippen molar-refractivity contribution in [3.05, 3.63) is 45.1 Å². The molecule has 0 amide bonds. The molecule has 0 unspecified atom stereocenters. The van der Waals surface area contributed by atoms with Crippen molar-refractivity contribution in [1.82, 2.24) is 9.97 Å². The van der Waals surface area contributed by atoms with Crippen LogP contribution in [0.1, 0.15) is 0 Å². The number of nitro groups is 1. The Balaban J connectivity index is 2.13. The zero-order valence-electron chi connectivity index (χ0n) is 8.88. The Morgan fingerprint density at radius 3 is 2.83 bits per heavy atom. The molecule has 0 saturated heterocycles. The molecule has 3 aromatic rings. The quantitative estimate of drug-likeness (QED) is 0.580. The third-order valence-electron chi connectivity index (χ3n) is 2.48. The number of nitro benzene ring substituents is 1. The summed E-state index contributed by atoms with van der Waals surface area (Å²) in [5.41, 5.74) is 1.29. The first kappa shape index (κ1) is 11.0. The summed E-state index contributed by atoms with van der Waals surface area (Å²) in [6, 6.07) is 7.99. The van der Waals surface area contributed by atoms with E-state index in [1.807, 2.05) is 0 Å². The molecule has 0 bridgehead atoms. The van der Waals surface area contributed by atoms with E-state index in [0.29, 0.717) is 27.3 Å². The van der Waals surface area contributed by atoms with Crippen molar-refractivity contribution in [2.45, 2.75) is 0 Å². The van der Waals surface area contributed by atoms with Crippen molar-refractivity contribution in [3.63, 3.8) is 0 Å². The number of H-pyrrole nitrogens is 1. The Morgan fingerprint density at radius 1 is 1.33 bits per heavy atom. The highest BCUT2D eigenvalue weighted by molar-refractivity contribution is 9.10. The molecule has 18 heavy (non-hydrogen) atoms. The number of halogens is 1. The van der Waals surface area contributed by atoms with Crippen LogP contribution in [0.5, 0.6) is 0 Å². The lowest BCUT2D eigenvalue weighted by Crippen LogP contribution is -1.86. The number of aromatic nitrogens is 2. The van der Waals surface area contributed by atoms with Gasteiger partial charge in [-0.25, -0.2) is 4.98 Å². The molecule has 2 heterocycles. The van der Waals surface area contributed by atoms with Crippen LogP contribution in [0.2, 0.25) is 0 Å². The minimum atomic E-state index is -0.441. The van der Waals surface area contributed by atoms with Gasteiger partial charge in [0, 0.05) is 12.1 Å². The summed E-state index contributed by atoms with van der Waals surface area (Å²) >= 11 is 3.21. The lowest BCUT2D eigenvalue weighted by Gasteiger charge is -1.89. The number of imidazole rings is 1. The molecule has 3 rings (SSSR count). The number of hydrogen-bond donors (Lipinski definition) is 1. The minimum absolute atomic E-state index is 0.0262. The maximum atomic E-state index is 10.7. The van der Waals surface area contributed by atoms with Gasteiger partial charge >= 0.3 is 0 Å². The number of hydrogen-bond acceptors (Lipinski definition) is 4. The Morgan fingerprint density at radius 2 is 2.17 bits per heavy atom. The third kappa shape index (κ3) is 1.78. The first-order valence-corrected chi connectivity index (χ1v) is 5.82. The average Bonchev–Trinajstić information content (AvgIpc) is 2.93. The van der Waals surface area contributed by atoms with Crippen molar-refractivity contribution < 1.29 is 9.34 Å². The fraction of sp³-hybridized carbons (Fsp3) is 0. The summed E-state index contributed by atoms with van der Waals surface area (Å²) < 4.78 is 5.97. The fourth-order valence-electron chi connectivity index (χ4n) is 1.67. The maximum Gasteiger partial charge on any atom is 0.271 e. The van der Waals surface area contributed by atoms with E-state index in [-0.39, 0.29) is 5.69 Å². The van der Waals surface area contributed by atoms with Gasteiger partial charge in [-0.15, -0.1) is 0 Å². The van der Waals surface area contributed by atoms with E-state index >= 15 is 0 Å². The highest BCUT2D eigenvalue weighted by atomic mass is 79.9. The summed E-state index contributed by atoms with van der Waals surface area (Å²) in [5.74, 6) is 1.11. The Bertz CT molecular complexity index is 747. The average molecular weight is 308 g/mol. The second-order valence-corrected chi connectivity index (χ2v) is 4.43. The smallest absolute Gasteiger partial charge is 0.271 e. The van der Waals surface area contributed by atoms with Crippen molar-refractivity contribution in [2.24, 2.45) is 0 Å². The summed E-state index contributed by atoms with van der Waals surface area (Å²) in [5, 5.41) is 10.7. The van der Waals surface area contributed by atoms with E-state index in [1.54, 1.807) is 18.2 Å². The first-order chi connectivity index (χ1) is 8.63. The van der Waals surface area contributed by atoms with Gasteiger partial charge in [0.2, 0.25) is 0 Å². The molecule has 6 nitrogen and oxygen atoms in total. The summed E-state index contributed by atoms with van der Waals surface area (Å²) in [6.07, 6.45) is 0. The van der Waals surface area contributed by atoms with E-state index in [9.17, 15) is 10.1 Å². The lowest BCUT2D eigenvalue weighted by molar-refractivity contribution is -0.384. The van der Waals surface area contributed by atoms with Crippen LogP contribution in [-0.4, -0.2) is 14.9 Å². The van der Waals surface area contributed by atoms with E-state index in [1.165, 1.54) is 12.1 Å². The lowest BCUT2D eigenvalue weighted by atomic mass is 10.3. The van der Waals surface area contributed by atoms with Crippen molar-refractivity contribution in [1.29, 1.82) is 0 Å². The first-order valence-electron chi connectivity index (χ1n) is 5.03. The number of rotatable bonds is 2. The highest BCUT2D eigenvalue weighted by Crippen LogP contribution is 2.26. The molecule has 7 heteroatoms. The standard InChI is InChI=1S/C11H6BrN3O3/c12-10-4-3-9(18-10)11-13-7-2-1-6(15(16)17)5-8(7)14-11/h1-5H,(H,13,14). The fourth-order valence-corrected chi connectivity index (χ4v) is 1.98. The largest absolute Gasteiger partial charge is 0.446 e. The van der Waals surface area contributed by atoms with Gasteiger partial charge in [0.1, 0.15) is 0 Å². The van der Waals surface area contributed by atoms with Gasteiger partial charge in [-0.1, -0.05) is 0 Å². The van der Waals surface area contributed by atoms with Gasteiger partial charge in [-0.2, -0.15) is 0 Å². The van der Waals surface area contributed by atoms with Gasteiger partial charge in [-0.3, -0.25) is 10.1 Å². The van der Waals surface area contributed by atoms with Crippen LogP contribution in [0.25, 0.3) is 22.6 Å². The summed E-state index contributed by atoms with van der Waals surface area (Å²) in [6.45, 7) is 0. The van der Waals surface area contributed by atoms with Crippen LogP contribution >= 0.6 is 15.9 Å². The molecule has 0 fully saturated rings. The highest BCUT2D eigenvalue weighted by Gasteiger charge is 2.12. The van der Waals surface area contributed by atoms with Crippen molar-refractivity contribution in [3.8, 4) is 11.6 Å². The number of nitrogens with zero attached hydrogens (tertiary/aromatic N) is 2. The zero-order valence-corrected chi connectivity index (χ0v) is 10.5. The van der Waals surface area contributed by atoms with Crippen LogP contribution < -0.4 is 0 Å². The van der Waals surface area contributed by atoms with E-state index in [2.05, 4.69) is 25.9 Å². The van der Waals surface area contributed by atoms with E-state index in [4.69, 9.17) is 4.42 Å². The summed E-state index contributed by atoms with van der Waals surface area (Å²) in [7, 11) is 0. The number of aromatic amines is 1. The van der Waals surface area contributed by atoms with E-state index < -0.39 is 4.92 Å². The Kier molecular flexibility index (Phi) is 2.41. The number of fused-ring (bicyclic) bond motifs is 1. The number of benzene rings is 1. The molecule has 2 aromatic heterocycles. The van der Waals surface area contributed by atoms with Crippen LogP contribution in [0.15, 0.2) is 39.4 Å². The van der Waals surface area contributed by atoms with Gasteiger partial charge in [0.15, 0.2) is 16.3 Å². The molecular formula is C11H6BrN3O3. The second kappa shape index (κ2) is 3.95. The van der Waals surface area contributed by atoms with Gasteiger partial charge in [-0.05, 0) is 34.1 Å². The third-order valence-corrected chi connectivity index (χ3v) is 2.91. The molecule has 0 aliphatic carbocycles.